The van der Waals surface area contributed by atoms with Gasteiger partial charge < -0.3 is 0 Å². The molecule has 0 atom stereocenters. The number of amides is 1. The first-order chi connectivity index (χ1) is 9.60. The van der Waals surface area contributed by atoms with Crippen LogP contribution in [0.5, 0.6) is 0 Å². The smallest absolute Gasteiger partial charge is 0.270 e. The number of carbonyl (C=O) groups excluding carboxylic acids is 1. The first-order valence-electron chi connectivity index (χ1n) is 6.14. The van der Waals surface area contributed by atoms with Crippen LogP contribution in [0.15, 0.2) is 18.2 Å². The summed E-state index contributed by atoms with van der Waals surface area (Å²) >= 11 is 11.7. The van der Waals surface area contributed by atoms with E-state index in [-0.39, 0.29) is 11.0 Å². The van der Waals surface area contributed by atoms with Crippen molar-refractivity contribution in [2.75, 3.05) is 5.32 Å². The fourth-order valence-electron chi connectivity index (χ4n) is 1.53. The Bertz CT molecular complexity index is 614. The van der Waals surface area contributed by atoms with Crippen molar-refractivity contribution in [2.24, 2.45) is 0 Å². The topological polar surface area (TPSA) is 72.7 Å². The minimum Gasteiger partial charge on any atom is -0.288 e. The van der Waals surface area contributed by atoms with Crippen molar-refractivity contribution in [3.8, 4) is 0 Å². The van der Waals surface area contributed by atoms with Crippen LogP contribution in [0.25, 0.3) is 0 Å². The van der Waals surface area contributed by atoms with Gasteiger partial charge in [-0.05, 0) is 29.8 Å². The molecule has 0 unspecified atom stereocenters. The number of benzene rings is 1. The van der Waals surface area contributed by atoms with Gasteiger partial charge in [0.05, 0.1) is 17.1 Å². The van der Waals surface area contributed by atoms with Crippen LogP contribution < -0.4 is 5.32 Å². The number of nitrogens with zero attached hydrogens (tertiary/aromatic N) is 4. The second kappa shape index (κ2) is 6.67. The molecule has 2 aromatic rings. The maximum atomic E-state index is 12.0. The van der Waals surface area contributed by atoms with Gasteiger partial charge in [-0.15, -0.1) is 5.10 Å². The SMILES string of the molecule is CCCCn1nnc(NC(=O)c2ccc(Cl)cc2Cl)n1. The van der Waals surface area contributed by atoms with Crippen molar-refractivity contribution >= 4 is 35.1 Å². The number of hydrogen-bond donors (Lipinski definition) is 1. The Kier molecular flexibility index (Phi) is 4.92. The molecule has 0 fully saturated rings. The molecule has 1 N–H and O–H groups in total. The summed E-state index contributed by atoms with van der Waals surface area (Å²) in [6, 6.07) is 4.64. The van der Waals surface area contributed by atoms with Crippen LogP contribution in [-0.2, 0) is 6.54 Å². The monoisotopic (exact) mass is 313 g/mol. The molecule has 8 heteroatoms. The standard InChI is InChI=1S/C12H13Cl2N5O/c1-2-3-6-19-17-12(16-18-19)15-11(20)9-5-4-8(13)7-10(9)14/h4-5,7H,2-3,6H2,1H3,(H,15,17,20). The first kappa shape index (κ1) is 14.7. The maximum absolute atomic E-state index is 12.0. The predicted molar refractivity (Wildman–Crippen MR) is 77.1 cm³/mol. The fourth-order valence-corrected chi connectivity index (χ4v) is 2.02. The van der Waals surface area contributed by atoms with Gasteiger partial charge in [0.25, 0.3) is 11.9 Å². The summed E-state index contributed by atoms with van der Waals surface area (Å²) in [5.74, 6) is -0.251. The Morgan fingerprint density at radius 1 is 1.40 bits per heavy atom. The van der Waals surface area contributed by atoms with Gasteiger partial charge in [-0.2, -0.15) is 4.80 Å². The molecule has 6 nitrogen and oxygen atoms in total. The molecule has 2 rings (SSSR count). The number of tetrazole rings is 1. The third-order valence-corrected chi connectivity index (χ3v) is 3.11. The summed E-state index contributed by atoms with van der Waals surface area (Å²) in [4.78, 5) is 13.5. The lowest BCUT2D eigenvalue weighted by atomic mass is 10.2. The van der Waals surface area contributed by atoms with E-state index in [9.17, 15) is 4.79 Å². The molecule has 0 spiro atoms. The van der Waals surface area contributed by atoms with E-state index in [2.05, 4.69) is 27.7 Å². The van der Waals surface area contributed by atoms with Gasteiger partial charge in [-0.3, -0.25) is 10.1 Å². The molecule has 0 saturated heterocycles. The van der Waals surface area contributed by atoms with Crippen molar-refractivity contribution in [3.63, 3.8) is 0 Å². The molecule has 1 aromatic carbocycles. The third-order valence-electron chi connectivity index (χ3n) is 2.57. The lowest BCUT2D eigenvalue weighted by Crippen LogP contribution is -2.14. The number of unbranched alkanes of at least 4 members (excludes halogenated alkanes) is 1. The second-order valence-electron chi connectivity index (χ2n) is 4.14. The minimum atomic E-state index is -0.401. The van der Waals surface area contributed by atoms with Gasteiger partial charge in [0.1, 0.15) is 0 Å². The average molecular weight is 314 g/mol. The lowest BCUT2D eigenvalue weighted by Gasteiger charge is -2.03. The molecule has 1 amide bonds. The van der Waals surface area contributed by atoms with E-state index in [1.807, 2.05) is 0 Å². The van der Waals surface area contributed by atoms with Crippen LogP contribution in [-0.4, -0.2) is 26.1 Å². The number of anilines is 1. The summed E-state index contributed by atoms with van der Waals surface area (Å²) in [6.45, 7) is 2.74. The van der Waals surface area contributed by atoms with Gasteiger partial charge in [-0.1, -0.05) is 41.6 Å². The van der Waals surface area contributed by atoms with E-state index < -0.39 is 5.91 Å². The highest BCUT2D eigenvalue weighted by Crippen LogP contribution is 2.21. The van der Waals surface area contributed by atoms with Gasteiger partial charge in [0, 0.05) is 5.02 Å². The number of hydrogen-bond acceptors (Lipinski definition) is 4. The lowest BCUT2D eigenvalue weighted by molar-refractivity contribution is 0.102. The molecule has 20 heavy (non-hydrogen) atoms. The summed E-state index contributed by atoms with van der Waals surface area (Å²) in [5, 5.41) is 14.9. The summed E-state index contributed by atoms with van der Waals surface area (Å²) < 4.78 is 0. The van der Waals surface area contributed by atoms with Gasteiger partial charge in [0.2, 0.25) is 0 Å². The molecule has 0 bridgehead atoms. The van der Waals surface area contributed by atoms with E-state index in [1.165, 1.54) is 10.9 Å². The van der Waals surface area contributed by atoms with Gasteiger partial charge >= 0.3 is 0 Å². The van der Waals surface area contributed by atoms with E-state index >= 15 is 0 Å². The molecule has 0 radical (unpaired) electrons. The largest absolute Gasteiger partial charge is 0.288 e. The summed E-state index contributed by atoms with van der Waals surface area (Å²) in [5.41, 5.74) is 0.306. The number of rotatable bonds is 5. The quantitative estimate of drug-likeness (QED) is 0.920. The van der Waals surface area contributed by atoms with E-state index in [1.54, 1.807) is 12.1 Å². The van der Waals surface area contributed by atoms with Gasteiger partial charge in [0.15, 0.2) is 0 Å². The highest BCUT2D eigenvalue weighted by atomic mass is 35.5. The molecule has 0 aliphatic rings. The highest BCUT2D eigenvalue weighted by Gasteiger charge is 2.13. The molecule has 0 aliphatic heterocycles. The van der Waals surface area contributed by atoms with Crippen LogP contribution >= 0.6 is 23.2 Å². The van der Waals surface area contributed by atoms with Gasteiger partial charge in [-0.25, -0.2) is 0 Å². The average Bonchev–Trinajstić information content (AvgIpc) is 2.83. The van der Waals surface area contributed by atoms with Crippen molar-refractivity contribution in [3.05, 3.63) is 33.8 Å². The van der Waals surface area contributed by atoms with E-state index in [0.717, 1.165) is 12.8 Å². The molecule has 106 valence electrons. The Labute approximate surface area is 126 Å². The molecule has 1 heterocycles. The maximum Gasteiger partial charge on any atom is 0.270 e. The van der Waals surface area contributed by atoms with Crippen molar-refractivity contribution in [1.29, 1.82) is 0 Å². The molecular weight excluding hydrogens is 301 g/mol. The number of aryl methyl sites for hydroxylation is 1. The fraction of sp³-hybridized carbons (Fsp3) is 0.333. The normalized spacial score (nSPS) is 10.6. The number of nitrogens with one attached hydrogen (secondary N) is 1. The summed E-state index contributed by atoms with van der Waals surface area (Å²) in [6.07, 6.45) is 1.98. The van der Waals surface area contributed by atoms with Crippen LogP contribution in [0.4, 0.5) is 5.95 Å². The Morgan fingerprint density at radius 2 is 2.20 bits per heavy atom. The van der Waals surface area contributed by atoms with Crippen LogP contribution in [0.2, 0.25) is 10.0 Å². The minimum absolute atomic E-state index is 0.150. The third kappa shape index (κ3) is 3.68. The number of aromatic nitrogens is 4. The molecule has 0 saturated carbocycles. The molecular formula is C12H13Cl2N5O. The Morgan fingerprint density at radius 3 is 2.90 bits per heavy atom. The zero-order valence-electron chi connectivity index (χ0n) is 10.8. The van der Waals surface area contributed by atoms with Crippen molar-refractivity contribution in [1.82, 2.24) is 20.2 Å². The Hall–Kier alpha value is -1.66. The van der Waals surface area contributed by atoms with Crippen LogP contribution in [0.1, 0.15) is 30.1 Å². The number of carbonyl (C=O) groups is 1. The Balaban J connectivity index is 2.05. The number of halogens is 2. The molecule has 1 aromatic heterocycles. The van der Waals surface area contributed by atoms with Crippen molar-refractivity contribution in [2.45, 2.75) is 26.3 Å². The van der Waals surface area contributed by atoms with Crippen LogP contribution in [0, 0.1) is 0 Å². The highest BCUT2D eigenvalue weighted by molar-refractivity contribution is 6.37. The summed E-state index contributed by atoms with van der Waals surface area (Å²) in [7, 11) is 0. The second-order valence-corrected chi connectivity index (χ2v) is 4.98. The van der Waals surface area contributed by atoms with Crippen LogP contribution in [0.3, 0.4) is 0 Å². The zero-order chi connectivity index (χ0) is 14.5. The van der Waals surface area contributed by atoms with Crippen molar-refractivity contribution < 1.29 is 4.79 Å². The molecule has 0 aliphatic carbocycles. The van der Waals surface area contributed by atoms with E-state index in [0.29, 0.717) is 17.1 Å². The van der Waals surface area contributed by atoms with E-state index in [4.69, 9.17) is 23.2 Å². The zero-order valence-corrected chi connectivity index (χ0v) is 12.3. The first-order valence-corrected chi connectivity index (χ1v) is 6.90. The predicted octanol–water partition coefficient (Wildman–Crippen LogP) is 3.03.